The van der Waals surface area contributed by atoms with Gasteiger partial charge in [0.05, 0.1) is 11.4 Å². The minimum atomic E-state index is 0. The normalized spacial score (nSPS) is 9.59. The average Bonchev–Trinajstić information content (AvgIpc) is 3.00. The third-order valence-corrected chi connectivity index (χ3v) is 5.38. The zero-order valence-electron chi connectivity index (χ0n) is 21.8. The molecule has 6 aromatic rings. The predicted molar refractivity (Wildman–Crippen MR) is 154 cm³/mol. The van der Waals surface area contributed by atoms with E-state index in [-0.39, 0.29) is 20.1 Å². The van der Waals surface area contributed by atoms with Crippen molar-refractivity contribution in [1.82, 2.24) is 19.9 Å². The predicted octanol–water partition coefficient (Wildman–Crippen LogP) is 7.86. The van der Waals surface area contributed by atoms with Crippen LogP contribution in [0.15, 0.2) is 134 Å². The van der Waals surface area contributed by atoms with E-state index in [1.165, 1.54) is 11.1 Å². The summed E-state index contributed by atoms with van der Waals surface area (Å²) in [6.07, 6.45) is 7.28. The molecule has 1 radical (unpaired) electrons. The van der Waals surface area contributed by atoms with E-state index in [2.05, 4.69) is 44.2 Å². The third kappa shape index (κ3) is 9.50. The van der Waals surface area contributed by atoms with Crippen LogP contribution in [0, 0.1) is 26.0 Å². The summed E-state index contributed by atoms with van der Waals surface area (Å²) in [5.41, 5.74) is 8.23. The van der Waals surface area contributed by atoms with E-state index >= 15 is 0 Å². The van der Waals surface area contributed by atoms with Crippen LogP contribution in [-0.2, 0) is 20.1 Å². The zero-order chi connectivity index (χ0) is 26.4. The Morgan fingerprint density at radius 3 is 1.18 bits per heavy atom. The van der Waals surface area contributed by atoms with Crippen LogP contribution < -0.4 is 0 Å². The molecule has 2 aromatic carbocycles. The van der Waals surface area contributed by atoms with Crippen LogP contribution in [0.1, 0.15) is 11.1 Å². The van der Waals surface area contributed by atoms with Crippen molar-refractivity contribution in [2.45, 2.75) is 13.8 Å². The molecule has 4 nitrogen and oxygen atoms in total. The van der Waals surface area contributed by atoms with E-state index in [4.69, 9.17) is 0 Å². The number of hydrogen-bond donors (Lipinski definition) is 0. The fourth-order valence-corrected chi connectivity index (χ4v) is 3.39. The average molecular weight is 685 g/mol. The maximum absolute atomic E-state index is 4.32. The SMILES string of the molecule is Cc1ccc(-c2[c-]cccc2)nc1.Cc1ccc(-c2[c-]cccc2)nc1.[Ir].c1ccc(-c2ccccn2)nc1. The second-order valence-corrected chi connectivity index (χ2v) is 8.42. The molecule has 0 saturated heterocycles. The first-order chi connectivity index (χ1) is 18.7. The molecule has 4 aromatic heterocycles. The number of nitrogens with zero attached hydrogens (tertiary/aromatic N) is 4. The summed E-state index contributed by atoms with van der Waals surface area (Å²) >= 11 is 0. The molecular formula is C34H28IrN4-2. The molecule has 0 amide bonds. The second kappa shape index (κ2) is 15.8. The molecule has 0 aliphatic rings. The van der Waals surface area contributed by atoms with Gasteiger partial charge in [-0.1, -0.05) is 36.4 Å². The summed E-state index contributed by atoms with van der Waals surface area (Å²) in [6.45, 7) is 4.07. The molecular weight excluding hydrogens is 657 g/mol. The van der Waals surface area contributed by atoms with E-state index in [0.717, 1.165) is 33.9 Å². The topological polar surface area (TPSA) is 51.6 Å². The first kappa shape index (κ1) is 29.2. The molecule has 0 fully saturated rings. The Morgan fingerprint density at radius 1 is 0.436 bits per heavy atom. The number of pyridine rings is 4. The van der Waals surface area contributed by atoms with E-state index in [1.54, 1.807) is 12.4 Å². The van der Waals surface area contributed by atoms with Gasteiger partial charge in [0.2, 0.25) is 0 Å². The van der Waals surface area contributed by atoms with Crippen molar-refractivity contribution in [3.63, 3.8) is 0 Å². The number of aromatic nitrogens is 4. The minimum absolute atomic E-state index is 0. The third-order valence-electron chi connectivity index (χ3n) is 5.38. The molecule has 0 unspecified atom stereocenters. The molecule has 39 heavy (non-hydrogen) atoms. The van der Waals surface area contributed by atoms with Gasteiger partial charge < -0.3 is 9.97 Å². The number of rotatable bonds is 3. The molecule has 195 valence electrons. The van der Waals surface area contributed by atoms with Crippen LogP contribution in [0.4, 0.5) is 0 Å². The summed E-state index contributed by atoms with van der Waals surface area (Å²) < 4.78 is 0. The van der Waals surface area contributed by atoms with Crippen LogP contribution in [0.5, 0.6) is 0 Å². The number of hydrogen-bond acceptors (Lipinski definition) is 4. The first-order valence-electron chi connectivity index (χ1n) is 12.3. The van der Waals surface area contributed by atoms with Crippen LogP contribution in [0.25, 0.3) is 33.9 Å². The van der Waals surface area contributed by atoms with Crippen LogP contribution >= 0.6 is 0 Å². The molecule has 5 heteroatoms. The number of benzene rings is 2. The largest absolute Gasteiger partial charge is 0.304 e. The van der Waals surface area contributed by atoms with Gasteiger partial charge in [0.1, 0.15) is 0 Å². The maximum Gasteiger partial charge on any atom is 0.0886 e. The van der Waals surface area contributed by atoms with E-state index < -0.39 is 0 Å². The van der Waals surface area contributed by atoms with Crippen LogP contribution in [-0.4, -0.2) is 19.9 Å². The van der Waals surface area contributed by atoms with Gasteiger partial charge in [0.15, 0.2) is 0 Å². The van der Waals surface area contributed by atoms with Crippen molar-refractivity contribution in [3.8, 4) is 33.9 Å². The van der Waals surface area contributed by atoms with Crippen LogP contribution in [0.3, 0.4) is 0 Å². The molecule has 0 saturated carbocycles. The summed E-state index contributed by atoms with van der Waals surface area (Å²) in [4.78, 5) is 17.0. The number of aryl methyl sites for hydroxylation is 2. The smallest absolute Gasteiger partial charge is 0.0886 e. The van der Waals surface area contributed by atoms with Gasteiger partial charge in [0, 0.05) is 44.9 Å². The Labute approximate surface area is 244 Å². The molecule has 0 bridgehead atoms. The van der Waals surface area contributed by atoms with Gasteiger partial charge in [-0.15, -0.1) is 71.8 Å². The molecule has 0 N–H and O–H groups in total. The molecule has 0 aliphatic carbocycles. The summed E-state index contributed by atoms with van der Waals surface area (Å²) in [7, 11) is 0. The quantitative estimate of drug-likeness (QED) is 0.178. The van der Waals surface area contributed by atoms with Crippen LogP contribution in [0.2, 0.25) is 0 Å². The summed E-state index contributed by atoms with van der Waals surface area (Å²) in [6, 6.07) is 41.7. The van der Waals surface area contributed by atoms with Gasteiger partial charge in [-0.3, -0.25) is 9.97 Å². The van der Waals surface area contributed by atoms with Crippen molar-refractivity contribution in [3.05, 3.63) is 157 Å². The first-order valence-corrected chi connectivity index (χ1v) is 12.3. The van der Waals surface area contributed by atoms with Gasteiger partial charge >= 0.3 is 0 Å². The molecule has 0 spiro atoms. The molecule has 0 atom stereocenters. The minimum Gasteiger partial charge on any atom is -0.304 e. The summed E-state index contributed by atoms with van der Waals surface area (Å²) in [5.74, 6) is 0. The van der Waals surface area contributed by atoms with Crippen molar-refractivity contribution in [1.29, 1.82) is 0 Å². The molecule has 0 aliphatic heterocycles. The Hall–Kier alpha value is -4.31. The Balaban J connectivity index is 0.000000160. The zero-order valence-corrected chi connectivity index (χ0v) is 24.2. The maximum atomic E-state index is 4.32. The van der Waals surface area contributed by atoms with Crippen molar-refractivity contribution in [2.24, 2.45) is 0 Å². The fraction of sp³-hybridized carbons (Fsp3) is 0.0588. The van der Waals surface area contributed by atoms with Crippen molar-refractivity contribution in [2.75, 3.05) is 0 Å². The van der Waals surface area contributed by atoms with E-state index in [0.29, 0.717) is 0 Å². The van der Waals surface area contributed by atoms with Crippen molar-refractivity contribution < 1.29 is 20.1 Å². The monoisotopic (exact) mass is 685 g/mol. The second-order valence-electron chi connectivity index (χ2n) is 8.42. The van der Waals surface area contributed by atoms with E-state index in [1.807, 2.05) is 123 Å². The molecule has 6 rings (SSSR count). The Bertz CT molecular complexity index is 1360. The molecule has 4 heterocycles. The van der Waals surface area contributed by atoms with E-state index in [9.17, 15) is 0 Å². The van der Waals surface area contributed by atoms with Gasteiger partial charge in [-0.05, 0) is 60.6 Å². The van der Waals surface area contributed by atoms with Gasteiger partial charge in [-0.25, -0.2) is 0 Å². The Kier molecular flexibility index (Phi) is 11.9. The van der Waals surface area contributed by atoms with Gasteiger partial charge in [0.25, 0.3) is 0 Å². The summed E-state index contributed by atoms with van der Waals surface area (Å²) in [5, 5.41) is 0. The Morgan fingerprint density at radius 2 is 0.872 bits per heavy atom. The van der Waals surface area contributed by atoms with Gasteiger partial charge in [-0.2, -0.15) is 0 Å². The fourth-order valence-electron chi connectivity index (χ4n) is 3.39. The van der Waals surface area contributed by atoms with Crippen molar-refractivity contribution >= 4 is 0 Å². The standard InChI is InChI=1S/2C12H10N.C10H8N2.Ir/c2*1-10-7-8-12(13-9-10)11-5-3-2-4-6-11;1-3-7-11-9(5-1)10-6-2-4-8-12-10;/h2*2-5,7-9H,1H3;1-8H;/q2*-1;;.